The Bertz CT molecular complexity index is 440. The van der Waals surface area contributed by atoms with Gasteiger partial charge in [-0.15, -0.1) is 0 Å². The Morgan fingerprint density at radius 2 is 2.29 bits per heavy atom. The van der Waals surface area contributed by atoms with Gasteiger partial charge in [-0.05, 0) is 31.2 Å². The van der Waals surface area contributed by atoms with Crippen molar-refractivity contribution in [3.05, 3.63) is 48.2 Å². The van der Waals surface area contributed by atoms with E-state index in [9.17, 15) is 0 Å². The summed E-state index contributed by atoms with van der Waals surface area (Å²) in [5.74, 6) is 0.827. The van der Waals surface area contributed by atoms with Gasteiger partial charge in [0.1, 0.15) is 12.4 Å². The Balaban J connectivity index is 1.84. The van der Waals surface area contributed by atoms with Gasteiger partial charge in [-0.25, -0.2) is 0 Å². The van der Waals surface area contributed by atoms with Crippen molar-refractivity contribution in [2.75, 3.05) is 11.9 Å². The van der Waals surface area contributed by atoms with E-state index in [2.05, 4.69) is 17.2 Å². The number of ether oxygens (including phenoxy) is 1. The van der Waals surface area contributed by atoms with Crippen LogP contribution in [0.5, 0.6) is 0 Å². The van der Waals surface area contributed by atoms with Crippen LogP contribution in [0.3, 0.4) is 0 Å². The number of hydrogen-bond donors (Lipinski definition) is 1. The molecule has 0 saturated carbocycles. The molecule has 0 saturated heterocycles. The number of nitrogens with one attached hydrogen (secondary N) is 1. The minimum absolute atomic E-state index is 0.472. The quantitative estimate of drug-likeness (QED) is 0.832. The predicted octanol–water partition coefficient (Wildman–Crippen LogP) is 2.82. The van der Waals surface area contributed by atoms with Crippen LogP contribution >= 0.6 is 0 Å². The molecule has 2 heterocycles. The molecule has 0 amide bonds. The Morgan fingerprint density at radius 3 is 3.06 bits per heavy atom. The third-order valence-corrected chi connectivity index (χ3v) is 2.27. The average Bonchev–Trinajstić information content (AvgIpc) is 2.83. The fourth-order valence-electron chi connectivity index (χ4n) is 1.52. The van der Waals surface area contributed by atoms with Gasteiger partial charge in [-0.1, -0.05) is 0 Å². The molecule has 0 unspecified atom stereocenters. The zero-order valence-corrected chi connectivity index (χ0v) is 9.85. The summed E-state index contributed by atoms with van der Waals surface area (Å²) in [5, 5.41) is 3.24. The second-order valence-electron chi connectivity index (χ2n) is 3.64. The van der Waals surface area contributed by atoms with Gasteiger partial charge in [0.05, 0.1) is 18.6 Å². The van der Waals surface area contributed by atoms with E-state index < -0.39 is 0 Å². The van der Waals surface area contributed by atoms with Crippen LogP contribution < -0.4 is 5.32 Å². The molecule has 0 atom stereocenters. The molecule has 0 aliphatic rings. The second kappa shape index (κ2) is 6.06. The number of anilines is 1. The van der Waals surface area contributed by atoms with Crippen LogP contribution in [-0.4, -0.2) is 11.5 Å². The average molecular weight is 232 g/mol. The van der Waals surface area contributed by atoms with Gasteiger partial charge in [0.25, 0.3) is 0 Å². The topological polar surface area (TPSA) is 47.3 Å². The van der Waals surface area contributed by atoms with Crippen molar-refractivity contribution in [3.8, 4) is 0 Å². The van der Waals surface area contributed by atoms with Gasteiger partial charge >= 0.3 is 0 Å². The summed E-state index contributed by atoms with van der Waals surface area (Å²) in [5.41, 5.74) is 1.98. The lowest BCUT2D eigenvalue weighted by molar-refractivity contribution is 0.0907. The van der Waals surface area contributed by atoms with E-state index >= 15 is 0 Å². The lowest BCUT2D eigenvalue weighted by atomic mass is 10.3. The number of pyridine rings is 1. The number of rotatable bonds is 6. The largest absolute Gasteiger partial charge is 0.467 e. The summed E-state index contributed by atoms with van der Waals surface area (Å²) < 4.78 is 10.7. The number of aromatic nitrogens is 1. The highest BCUT2D eigenvalue weighted by Crippen LogP contribution is 2.09. The molecule has 2 aromatic heterocycles. The molecule has 0 bridgehead atoms. The van der Waals surface area contributed by atoms with Crippen LogP contribution in [0.1, 0.15) is 18.4 Å². The molecule has 0 aliphatic carbocycles. The maximum absolute atomic E-state index is 5.51. The van der Waals surface area contributed by atoms with E-state index in [1.807, 2.05) is 24.3 Å². The van der Waals surface area contributed by atoms with Crippen LogP contribution in [0, 0.1) is 0 Å². The van der Waals surface area contributed by atoms with Crippen LogP contribution in [-0.2, 0) is 18.0 Å². The Hall–Kier alpha value is -1.81. The third kappa shape index (κ3) is 3.60. The number of hydrogen-bond acceptors (Lipinski definition) is 4. The molecule has 2 aromatic rings. The highest BCUT2D eigenvalue weighted by molar-refractivity contribution is 5.42. The molecule has 4 heteroatoms. The molecule has 4 nitrogen and oxygen atoms in total. The van der Waals surface area contributed by atoms with E-state index in [0.717, 1.165) is 23.7 Å². The molecular weight excluding hydrogens is 216 g/mol. The smallest absolute Gasteiger partial charge is 0.129 e. The van der Waals surface area contributed by atoms with Crippen molar-refractivity contribution in [3.63, 3.8) is 0 Å². The van der Waals surface area contributed by atoms with E-state index in [-0.39, 0.29) is 0 Å². The first-order valence-corrected chi connectivity index (χ1v) is 5.67. The highest BCUT2D eigenvalue weighted by Gasteiger charge is 1.99. The molecule has 90 valence electrons. The summed E-state index contributed by atoms with van der Waals surface area (Å²) in [6.45, 7) is 3.92. The molecule has 0 aromatic carbocycles. The van der Waals surface area contributed by atoms with Crippen molar-refractivity contribution in [1.82, 2.24) is 4.98 Å². The van der Waals surface area contributed by atoms with Crippen LogP contribution in [0.2, 0.25) is 0 Å². The highest BCUT2D eigenvalue weighted by atomic mass is 16.5. The maximum Gasteiger partial charge on any atom is 0.129 e. The van der Waals surface area contributed by atoms with Crippen molar-refractivity contribution in [1.29, 1.82) is 0 Å². The van der Waals surface area contributed by atoms with Crippen LogP contribution in [0.25, 0.3) is 0 Å². The van der Waals surface area contributed by atoms with Gasteiger partial charge in [0, 0.05) is 18.4 Å². The maximum atomic E-state index is 5.51. The first kappa shape index (κ1) is 11.7. The molecule has 0 radical (unpaired) electrons. The zero-order valence-electron chi connectivity index (χ0n) is 9.85. The number of nitrogens with zero attached hydrogens (tertiary/aromatic N) is 1. The summed E-state index contributed by atoms with van der Waals surface area (Å²) in [6.07, 6.45) is 3.42. The van der Waals surface area contributed by atoms with Crippen molar-refractivity contribution in [2.45, 2.75) is 20.1 Å². The SMILES string of the molecule is CCNc1ccnc(COCc2ccco2)c1. The summed E-state index contributed by atoms with van der Waals surface area (Å²) in [7, 11) is 0. The summed E-state index contributed by atoms with van der Waals surface area (Å²) in [6, 6.07) is 7.68. The second-order valence-corrected chi connectivity index (χ2v) is 3.64. The molecule has 0 spiro atoms. The Labute approximate surface area is 101 Å². The van der Waals surface area contributed by atoms with Crippen LogP contribution in [0.4, 0.5) is 5.69 Å². The normalized spacial score (nSPS) is 10.4. The predicted molar refractivity (Wildman–Crippen MR) is 65.6 cm³/mol. The van der Waals surface area contributed by atoms with E-state index in [0.29, 0.717) is 13.2 Å². The van der Waals surface area contributed by atoms with Gasteiger partial charge in [-0.3, -0.25) is 4.98 Å². The van der Waals surface area contributed by atoms with Crippen LogP contribution in [0.15, 0.2) is 41.1 Å². The molecule has 0 fully saturated rings. The molecule has 0 aliphatic heterocycles. The summed E-state index contributed by atoms with van der Waals surface area (Å²) in [4.78, 5) is 4.24. The van der Waals surface area contributed by atoms with E-state index in [1.54, 1.807) is 12.5 Å². The summed E-state index contributed by atoms with van der Waals surface area (Å²) >= 11 is 0. The van der Waals surface area contributed by atoms with Crippen molar-refractivity contribution < 1.29 is 9.15 Å². The van der Waals surface area contributed by atoms with Gasteiger partial charge in [0.2, 0.25) is 0 Å². The lowest BCUT2D eigenvalue weighted by Gasteiger charge is -2.05. The van der Waals surface area contributed by atoms with E-state index in [1.165, 1.54) is 0 Å². The van der Waals surface area contributed by atoms with Gasteiger partial charge in [0.15, 0.2) is 0 Å². The molecule has 17 heavy (non-hydrogen) atoms. The fraction of sp³-hybridized carbons (Fsp3) is 0.308. The number of furan rings is 1. The molecular formula is C13H16N2O2. The Kier molecular flexibility index (Phi) is 4.16. The fourth-order valence-corrected chi connectivity index (χ4v) is 1.52. The van der Waals surface area contributed by atoms with Gasteiger partial charge < -0.3 is 14.5 Å². The minimum Gasteiger partial charge on any atom is -0.467 e. The standard InChI is InChI=1S/C13H16N2O2/c1-2-14-11-5-6-15-12(8-11)9-16-10-13-4-3-7-17-13/h3-8H,2,9-10H2,1H3,(H,14,15). The Morgan fingerprint density at radius 1 is 1.35 bits per heavy atom. The first-order chi connectivity index (χ1) is 8.38. The lowest BCUT2D eigenvalue weighted by Crippen LogP contribution is -2.00. The van der Waals surface area contributed by atoms with Crippen molar-refractivity contribution >= 4 is 5.69 Å². The minimum atomic E-state index is 0.472. The monoisotopic (exact) mass is 232 g/mol. The van der Waals surface area contributed by atoms with Gasteiger partial charge in [-0.2, -0.15) is 0 Å². The zero-order chi connectivity index (χ0) is 11.9. The van der Waals surface area contributed by atoms with Crippen molar-refractivity contribution in [2.24, 2.45) is 0 Å². The molecule has 1 N–H and O–H groups in total. The van der Waals surface area contributed by atoms with E-state index in [4.69, 9.17) is 9.15 Å². The first-order valence-electron chi connectivity index (χ1n) is 5.67. The third-order valence-electron chi connectivity index (χ3n) is 2.27. The molecule has 2 rings (SSSR count).